The largest absolute Gasteiger partial charge is 0.425 e. The Morgan fingerprint density at radius 1 is 1.21 bits per heavy atom. The summed E-state index contributed by atoms with van der Waals surface area (Å²) in [5.74, 6) is -3.12. The molecule has 3 rings (SSSR count). The zero-order chi connectivity index (χ0) is 28.1. The Hall–Kier alpha value is -3.50. The molecule has 0 radical (unpaired) electrons. The predicted molar refractivity (Wildman–Crippen MR) is 138 cm³/mol. The standard InChI is InChI=1S/C22H28N6O8S2/c1-9(2)20(32)35-11(4)36-21(33)13-6-7-37-19-15(18(31)28(13)19)25-17(30)14(27-34-5)12-8-38-22(24-12)26-16(29)10(3)23/h6,8-11,15,19H,7,23H2,1-5H3,(H,25,30)(H,24,26,29)/b27-14-/t10-,11?,15+,19+/m0/s1. The van der Waals surface area contributed by atoms with Crippen LogP contribution in [-0.2, 0) is 38.3 Å². The van der Waals surface area contributed by atoms with Gasteiger partial charge in [-0.05, 0) is 13.0 Å². The van der Waals surface area contributed by atoms with Crippen LogP contribution in [0.3, 0.4) is 0 Å². The van der Waals surface area contributed by atoms with Gasteiger partial charge in [-0.3, -0.25) is 24.1 Å². The number of fused-ring (bicyclic) bond motifs is 1. The molecular formula is C22H28N6O8S2. The SMILES string of the molecule is CO/N=C(\C(=O)N[C@@H]1C(=O)N2C(C(=O)OC(C)OC(=O)C(C)C)=CCS[C@H]12)c1csc(NC(=O)[C@H](C)N)n1. The van der Waals surface area contributed by atoms with Crippen LogP contribution in [0.4, 0.5) is 5.13 Å². The van der Waals surface area contributed by atoms with Gasteiger partial charge >= 0.3 is 11.9 Å². The van der Waals surface area contributed by atoms with Gasteiger partial charge in [0.05, 0.1) is 12.0 Å². The van der Waals surface area contributed by atoms with Gasteiger partial charge in [0.2, 0.25) is 12.2 Å². The zero-order valence-electron chi connectivity index (χ0n) is 21.3. The van der Waals surface area contributed by atoms with E-state index in [9.17, 15) is 24.0 Å². The van der Waals surface area contributed by atoms with Crippen molar-refractivity contribution in [2.45, 2.75) is 51.4 Å². The Morgan fingerprint density at radius 3 is 2.55 bits per heavy atom. The van der Waals surface area contributed by atoms with Crippen LogP contribution in [0.2, 0.25) is 0 Å². The number of hydrogen-bond acceptors (Lipinski definition) is 13. The molecule has 1 unspecified atom stereocenters. The van der Waals surface area contributed by atoms with Gasteiger partial charge in [-0.1, -0.05) is 19.0 Å². The van der Waals surface area contributed by atoms with Crippen molar-refractivity contribution in [1.82, 2.24) is 15.2 Å². The molecule has 1 fully saturated rings. The molecule has 206 valence electrons. The van der Waals surface area contributed by atoms with E-state index in [1.807, 2.05) is 0 Å². The minimum absolute atomic E-state index is 0.00325. The number of aromatic nitrogens is 1. The minimum atomic E-state index is -1.15. The topological polar surface area (TPSA) is 192 Å². The van der Waals surface area contributed by atoms with Gasteiger partial charge in [-0.2, -0.15) is 0 Å². The number of esters is 2. The summed E-state index contributed by atoms with van der Waals surface area (Å²) < 4.78 is 10.2. The number of thiazole rings is 1. The van der Waals surface area contributed by atoms with Crippen molar-refractivity contribution in [2.75, 3.05) is 18.2 Å². The first-order valence-corrected chi connectivity index (χ1v) is 13.4. The van der Waals surface area contributed by atoms with Crippen LogP contribution < -0.4 is 16.4 Å². The quantitative estimate of drug-likeness (QED) is 0.114. The number of rotatable bonds is 10. The van der Waals surface area contributed by atoms with E-state index < -0.39 is 59.3 Å². The lowest BCUT2D eigenvalue weighted by molar-refractivity contribution is -0.186. The number of nitrogens with one attached hydrogen (secondary N) is 2. The number of carbonyl (C=O) groups excluding carboxylic acids is 5. The first-order valence-electron chi connectivity index (χ1n) is 11.4. The molecule has 16 heteroatoms. The van der Waals surface area contributed by atoms with Gasteiger partial charge in [0.15, 0.2) is 10.8 Å². The number of oxime groups is 1. The molecule has 38 heavy (non-hydrogen) atoms. The second-order valence-electron chi connectivity index (χ2n) is 8.48. The Bertz CT molecular complexity index is 1180. The molecule has 0 bridgehead atoms. The molecule has 1 saturated heterocycles. The maximum absolute atomic E-state index is 13.0. The number of amides is 3. The average Bonchev–Trinajstić information content (AvgIpc) is 3.32. The summed E-state index contributed by atoms with van der Waals surface area (Å²) in [6.45, 7) is 6.20. The average molecular weight is 569 g/mol. The lowest BCUT2D eigenvalue weighted by Crippen LogP contribution is -2.70. The van der Waals surface area contributed by atoms with Gasteiger partial charge in [0.25, 0.3) is 11.8 Å². The molecule has 14 nitrogen and oxygen atoms in total. The maximum Gasteiger partial charge on any atom is 0.357 e. The summed E-state index contributed by atoms with van der Waals surface area (Å²) >= 11 is 2.39. The fourth-order valence-electron chi connectivity index (χ4n) is 3.23. The van der Waals surface area contributed by atoms with E-state index in [4.69, 9.17) is 20.0 Å². The molecule has 1 aromatic heterocycles. The molecule has 0 aromatic carbocycles. The number of carbonyl (C=O) groups is 5. The minimum Gasteiger partial charge on any atom is -0.425 e. The summed E-state index contributed by atoms with van der Waals surface area (Å²) in [5, 5.41) is 9.97. The van der Waals surface area contributed by atoms with Crippen molar-refractivity contribution in [3.8, 4) is 0 Å². The number of nitrogens with two attached hydrogens (primary N) is 1. The second-order valence-corrected chi connectivity index (χ2v) is 10.5. The van der Waals surface area contributed by atoms with Crippen molar-refractivity contribution in [3.63, 3.8) is 0 Å². The summed E-state index contributed by atoms with van der Waals surface area (Å²) in [4.78, 5) is 72.3. The first-order chi connectivity index (χ1) is 17.9. The van der Waals surface area contributed by atoms with Gasteiger partial charge in [-0.15, -0.1) is 23.1 Å². The molecule has 0 aliphatic carbocycles. The number of thioether (sulfide) groups is 1. The Morgan fingerprint density at radius 2 is 1.92 bits per heavy atom. The van der Waals surface area contributed by atoms with E-state index in [2.05, 4.69) is 20.8 Å². The third-order valence-electron chi connectivity index (χ3n) is 5.16. The monoisotopic (exact) mass is 568 g/mol. The fourth-order valence-corrected chi connectivity index (χ4v) is 5.12. The van der Waals surface area contributed by atoms with Crippen LogP contribution in [0.5, 0.6) is 0 Å². The van der Waals surface area contributed by atoms with Crippen molar-refractivity contribution in [3.05, 3.63) is 22.8 Å². The highest BCUT2D eigenvalue weighted by Gasteiger charge is 2.53. The molecule has 0 saturated carbocycles. The van der Waals surface area contributed by atoms with E-state index in [1.54, 1.807) is 13.8 Å². The molecule has 1 aromatic rings. The van der Waals surface area contributed by atoms with Crippen molar-refractivity contribution in [1.29, 1.82) is 0 Å². The normalized spacial score (nSPS) is 20.4. The summed E-state index contributed by atoms with van der Waals surface area (Å²) in [6.07, 6.45) is 0.383. The molecule has 4 atom stereocenters. The van der Waals surface area contributed by atoms with E-state index in [0.717, 1.165) is 11.3 Å². The fraction of sp³-hybridized carbons (Fsp3) is 0.500. The van der Waals surface area contributed by atoms with Gasteiger partial charge in [0.1, 0.15) is 29.9 Å². The highest BCUT2D eigenvalue weighted by Crippen LogP contribution is 2.38. The first kappa shape index (κ1) is 29.1. The Labute approximate surface area is 226 Å². The maximum atomic E-state index is 13.0. The van der Waals surface area contributed by atoms with Gasteiger partial charge < -0.3 is 30.7 Å². The molecule has 3 heterocycles. The number of ether oxygens (including phenoxy) is 2. The van der Waals surface area contributed by atoms with Gasteiger partial charge in [-0.25, -0.2) is 9.78 Å². The highest BCUT2D eigenvalue weighted by atomic mass is 32.2. The zero-order valence-corrected chi connectivity index (χ0v) is 22.9. The predicted octanol–water partition coefficient (Wildman–Crippen LogP) is 0.152. The van der Waals surface area contributed by atoms with Crippen LogP contribution in [0, 0.1) is 5.92 Å². The van der Waals surface area contributed by atoms with E-state index in [-0.39, 0.29) is 22.2 Å². The van der Waals surface area contributed by atoms with E-state index >= 15 is 0 Å². The molecular weight excluding hydrogens is 540 g/mol. The third-order valence-corrected chi connectivity index (χ3v) is 7.10. The second kappa shape index (κ2) is 12.4. The van der Waals surface area contributed by atoms with Crippen LogP contribution in [0.15, 0.2) is 22.3 Å². The van der Waals surface area contributed by atoms with Crippen molar-refractivity contribution < 1.29 is 38.3 Å². The van der Waals surface area contributed by atoms with E-state index in [1.165, 1.54) is 49.1 Å². The highest BCUT2D eigenvalue weighted by molar-refractivity contribution is 8.00. The number of β-lactam (4-membered cyclic amide) rings is 1. The lowest BCUT2D eigenvalue weighted by Gasteiger charge is -2.48. The molecule has 2 aliphatic rings. The van der Waals surface area contributed by atoms with Crippen molar-refractivity contribution >= 4 is 63.6 Å². The Balaban J connectivity index is 1.65. The molecule has 0 spiro atoms. The van der Waals surface area contributed by atoms with Crippen LogP contribution >= 0.6 is 23.1 Å². The van der Waals surface area contributed by atoms with Crippen LogP contribution in [0.25, 0.3) is 0 Å². The smallest absolute Gasteiger partial charge is 0.357 e. The summed E-state index contributed by atoms with van der Waals surface area (Å²) in [6, 6.07) is -1.72. The molecule has 4 N–H and O–H groups in total. The lowest BCUT2D eigenvalue weighted by atomic mass is 10.0. The number of anilines is 1. The van der Waals surface area contributed by atoms with Crippen molar-refractivity contribution in [2.24, 2.45) is 16.8 Å². The third kappa shape index (κ3) is 6.49. The molecule has 2 aliphatic heterocycles. The van der Waals surface area contributed by atoms with Gasteiger partial charge in [0, 0.05) is 18.1 Å². The van der Waals surface area contributed by atoms with Crippen LogP contribution in [0.1, 0.15) is 33.4 Å². The summed E-state index contributed by atoms with van der Waals surface area (Å²) in [5.41, 5.74) is 5.43. The number of nitrogens with zero attached hydrogens (tertiary/aromatic N) is 3. The number of hydrogen-bond donors (Lipinski definition) is 3. The summed E-state index contributed by atoms with van der Waals surface area (Å²) in [7, 11) is 1.24. The Kier molecular flexibility index (Phi) is 9.45. The van der Waals surface area contributed by atoms with Crippen LogP contribution in [-0.4, -0.2) is 81.9 Å². The molecule has 3 amide bonds. The van der Waals surface area contributed by atoms with E-state index in [0.29, 0.717) is 5.75 Å².